The van der Waals surface area contributed by atoms with E-state index < -0.39 is 7.25 Å². The van der Waals surface area contributed by atoms with E-state index in [1.807, 2.05) is 24.3 Å². The Morgan fingerprint density at radius 2 is 1.38 bits per heavy atom. The number of methoxy groups -OCH3 is 1. The maximum atomic E-state index is 9.75. The van der Waals surface area contributed by atoms with E-state index in [9.17, 15) is 17.3 Å². The van der Waals surface area contributed by atoms with E-state index in [-0.39, 0.29) is 0 Å². The normalized spacial score (nSPS) is 12.9. The number of hydrogen-bond donors (Lipinski definition) is 0. The van der Waals surface area contributed by atoms with Crippen molar-refractivity contribution in [2.45, 2.75) is 0 Å². The number of ether oxygens (including phenoxy) is 1. The summed E-state index contributed by atoms with van der Waals surface area (Å²) < 4.78 is 49.7. The molecule has 3 aromatic rings. The minimum atomic E-state index is -6.00. The molecule has 4 rings (SSSR count). The SMILES string of the molecule is COc1ccc(C(=C2C=CC(=[O+]C)C=C2)c2cccc3ccccc23)cc1.F[B-](F)(F)F. The second-order valence-electron chi connectivity index (χ2n) is 6.85. The van der Waals surface area contributed by atoms with Crippen molar-refractivity contribution in [3.63, 3.8) is 0 Å². The number of carbonyl (C=O) groups excluding carboxylic acids is 1. The van der Waals surface area contributed by atoms with Gasteiger partial charge in [-0.05, 0) is 57.3 Å². The summed E-state index contributed by atoms with van der Waals surface area (Å²) in [5, 5.41) is 2.47. The molecule has 0 fully saturated rings. The number of benzene rings is 3. The van der Waals surface area contributed by atoms with Crippen LogP contribution in [0.3, 0.4) is 0 Å². The molecule has 0 saturated heterocycles. The van der Waals surface area contributed by atoms with Crippen molar-refractivity contribution >= 4 is 29.4 Å². The molecule has 0 aromatic heterocycles. The van der Waals surface area contributed by atoms with Gasteiger partial charge in [0.2, 0.25) is 0 Å². The molecule has 0 aliphatic heterocycles. The van der Waals surface area contributed by atoms with E-state index in [0.717, 1.165) is 22.7 Å². The Balaban J connectivity index is 0.000000523. The van der Waals surface area contributed by atoms with Gasteiger partial charge in [-0.3, -0.25) is 4.42 Å². The summed E-state index contributed by atoms with van der Waals surface area (Å²) in [4.78, 5) is 0. The number of halogens is 4. The number of allylic oxidation sites excluding steroid dienone is 5. The Labute approximate surface area is 183 Å². The van der Waals surface area contributed by atoms with Crippen LogP contribution in [0.15, 0.2) is 96.6 Å². The van der Waals surface area contributed by atoms with Crippen molar-refractivity contribution < 1.29 is 26.4 Å². The minimum absolute atomic E-state index is 0.853. The molecule has 32 heavy (non-hydrogen) atoms. The Bertz CT molecular complexity index is 1180. The molecule has 1 aliphatic carbocycles. The van der Waals surface area contributed by atoms with Gasteiger partial charge in [-0.1, -0.05) is 54.6 Å². The maximum Gasteiger partial charge on any atom is 0.673 e. The van der Waals surface area contributed by atoms with Crippen LogP contribution in [0.2, 0.25) is 0 Å². The van der Waals surface area contributed by atoms with Gasteiger partial charge in [-0.15, -0.1) is 0 Å². The second kappa shape index (κ2) is 10.1. The van der Waals surface area contributed by atoms with Crippen LogP contribution in [-0.4, -0.2) is 27.3 Å². The molecule has 0 saturated carbocycles. The van der Waals surface area contributed by atoms with Crippen molar-refractivity contribution in [2.24, 2.45) is 0 Å². The number of hydrogen-bond acceptors (Lipinski definition) is 1. The van der Waals surface area contributed by atoms with Gasteiger partial charge in [-0.25, -0.2) is 0 Å². The van der Waals surface area contributed by atoms with Gasteiger partial charge >= 0.3 is 13.0 Å². The van der Waals surface area contributed by atoms with Gasteiger partial charge in [0.25, 0.3) is 7.11 Å². The summed E-state index contributed by atoms with van der Waals surface area (Å²) in [6, 6.07) is 23.2. The summed E-state index contributed by atoms with van der Waals surface area (Å²) in [5.41, 5.74) is 4.70. The first-order chi connectivity index (χ1) is 15.3. The maximum absolute atomic E-state index is 9.75. The van der Waals surface area contributed by atoms with Crippen LogP contribution in [-0.2, 0) is 4.42 Å². The number of rotatable bonds is 3. The van der Waals surface area contributed by atoms with Gasteiger partial charge < -0.3 is 22.0 Å². The van der Waals surface area contributed by atoms with E-state index >= 15 is 0 Å². The Hall–Kier alpha value is -3.61. The third kappa shape index (κ3) is 5.97. The van der Waals surface area contributed by atoms with Crippen LogP contribution in [0, 0.1) is 0 Å². The molecular weight excluding hydrogens is 419 g/mol. The van der Waals surface area contributed by atoms with E-state index in [0.29, 0.717) is 0 Å². The fraction of sp³-hybridized carbons (Fsp3) is 0.0800. The van der Waals surface area contributed by atoms with Crippen LogP contribution in [0.5, 0.6) is 5.75 Å². The van der Waals surface area contributed by atoms with Crippen molar-refractivity contribution in [1.29, 1.82) is 0 Å². The first-order valence-corrected chi connectivity index (χ1v) is 9.81. The lowest BCUT2D eigenvalue weighted by molar-refractivity contribution is -0.417. The largest absolute Gasteiger partial charge is 0.673 e. The van der Waals surface area contributed by atoms with Crippen molar-refractivity contribution in [1.82, 2.24) is 0 Å². The highest BCUT2D eigenvalue weighted by molar-refractivity contribution is 6.50. The smallest absolute Gasteiger partial charge is 0.497 e. The summed E-state index contributed by atoms with van der Waals surface area (Å²) in [7, 11) is -2.62. The van der Waals surface area contributed by atoms with E-state index in [2.05, 4.69) is 66.7 Å². The molecule has 0 radical (unpaired) electrons. The Morgan fingerprint density at radius 1 is 0.781 bits per heavy atom. The fourth-order valence-corrected chi connectivity index (χ4v) is 3.44. The zero-order valence-corrected chi connectivity index (χ0v) is 17.6. The second-order valence-corrected chi connectivity index (χ2v) is 6.85. The molecular formula is C25H21BF4O2. The lowest BCUT2D eigenvalue weighted by atomic mass is 9.88. The highest BCUT2D eigenvalue weighted by Gasteiger charge is 2.20. The summed E-state index contributed by atoms with van der Waals surface area (Å²) in [6.45, 7) is 0. The van der Waals surface area contributed by atoms with Crippen molar-refractivity contribution in [3.8, 4) is 5.75 Å². The molecule has 0 atom stereocenters. The summed E-state index contributed by atoms with van der Waals surface area (Å²) in [6.07, 6.45) is 8.23. The predicted molar refractivity (Wildman–Crippen MR) is 122 cm³/mol. The number of ketones is 1. The molecule has 0 unspecified atom stereocenters. The highest BCUT2D eigenvalue weighted by Crippen LogP contribution is 2.34. The van der Waals surface area contributed by atoms with Crippen molar-refractivity contribution in [3.05, 3.63) is 108 Å². The van der Waals surface area contributed by atoms with Gasteiger partial charge in [0.15, 0.2) is 0 Å². The molecule has 0 amide bonds. The zero-order chi connectivity index (χ0) is 23.1. The van der Waals surface area contributed by atoms with Crippen LogP contribution >= 0.6 is 0 Å². The van der Waals surface area contributed by atoms with Crippen LogP contribution < -0.4 is 4.74 Å². The van der Waals surface area contributed by atoms with Gasteiger partial charge in [0.05, 0.1) is 7.11 Å². The molecule has 0 heterocycles. The molecule has 3 aromatic carbocycles. The third-order valence-electron chi connectivity index (χ3n) is 4.82. The molecule has 0 bridgehead atoms. The van der Waals surface area contributed by atoms with Crippen LogP contribution in [0.1, 0.15) is 11.1 Å². The van der Waals surface area contributed by atoms with E-state index in [1.54, 1.807) is 14.2 Å². The van der Waals surface area contributed by atoms with Gasteiger partial charge in [-0.2, -0.15) is 0 Å². The van der Waals surface area contributed by atoms with Crippen molar-refractivity contribution in [2.75, 3.05) is 14.2 Å². The summed E-state index contributed by atoms with van der Waals surface area (Å²) >= 11 is 0. The average molecular weight is 440 g/mol. The minimum Gasteiger partial charge on any atom is -0.497 e. The lowest BCUT2D eigenvalue weighted by Gasteiger charge is -2.16. The molecule has 7 heteroatoms. The third-order valence-corrected chi connectivity index (χ3v) is 4.82. The summed E-state index contributed by atoms with van der Waals surface area (Å²) in [5.74, 6) is 1.71. The standard InChI is InChI=1S/C25H21O2.BF4/c1-26-21-14-10-19(11-15-21)25(20-12-16-22(27-2)17-13-20)24-9-5-7-18-6-3-4-8-23(18)24;2-1(3,4)5/h3-17H,1-2H3;/q+1;-1. The Morgan fingerprint density at radius 3 is 1.97 bits per heavy atom. The molecule has 1 aliphatic rings. The van der Waals surface area contributed by atoms with Crippen LogP contribution in [0.25, 0.3) is 16.3 Å². The molecule has 164 valence electrons. The van der Waals surface area contributed by atoms with Gasteiger partial charge in [0.1, 0.15) is 5.75 Å². The first-order valence-electron chi connectivity index (χ1n) is 9.81. The van der Waals surface area contributed by atoms with E-state index in [1.165, 1.54) is 21.9 Å². The van der Waals surface area contributed by atoms with E-state index in [4.69, 9.17) is 9.16 Å². The predicted octanol–water partition coefficient (Wildman–Crippen LogP) is 6.81. The first kappa shape index (κ1) is 23.1. The lowest BCUT2D eigenvalue weighted by Crippen LogP contribution is -2.02. The van der Waals surface area contributed by atoms with Gasteiger partial charge in [0, 0.05) is 12.2 Å². The number of fused-ring (bicyclic) bond motifs is 1. The average Bonchev–Trinajstić information content (AvgIpc) is 2.79. The fourth-order valence-electron chi connectivity index (χ4n) is 3.44. The topological polar surface area (TPSA) is 20.5 Å². The molecule has 0 N–H and O–H groups in total. The molecule has 0 spiro atoms. The monoisotopic (exact) mass is 440 g/mol. The quantitative estimate of drug-likeness (QED) is 0.249. The molecule has 2 nitrogen and oxygen atoms in total. The Kier molecular flexibility index (Phi) is 7.31. The highest BCUT2D eigenvalue weighted by atomic mass is 19.5. The zero-order valence-electron chi connectivity index (χ0n) is 17.6. The van der Waals surface area contributed by atoms with Crippen LogP contribution in [0.4, 0.5) is 17.3 Å².